The number of carbonyl (C=O) groups is 2. The molecule has 0 saturated heterocycles. The number of carboxylic acid groups (broad SMARTS) is 1. The second-order valence-electron chi connectivity index (χ2n) is 6.81. The van der Waals surface area contributed by atoms with Crippen molar-refractivity contribution in [3.05, 3.63) is 0 Å². The maximum absolute atomic E-state index is 11.6. The molecule has 0 aliphatic heterocycles. The first-order valence-corrected chi connectivity index (χ1v) is 7.55. The maximum Gasteiger partial charge on any atom is 0.308 e. The van der Waals surface area contributed by atoms with Crippen LogP contribution in [0.25, 0.3) is 0 Å². The zero-order valence-electron chi connectivity index (χ0n) is 11.5. The van der Waals surface area contributed by atoms with Gasteiger partial charge in [0.1, 0.15) is 0 Å². The molecule has 20 heavy (non-hydrogen) atoms. The average Bonchev–Trinajstić information content (AvgIpc) is 2.40. The number of rotatable bonds is 4. The van der Waals surface area contributed by atoms with Crippen LogP contribution in [0.3, 0.4) is 0 Å². The molecule has 1 atom stereocenters. The van der Waals surface area contributed by atoms with Gasteiger partial charge >= 0.3 is 5.97 Å². The molecule has 0 radical (unpaired) electrons. The molecule has 0 heterocycles. The van der Waals surface area contributed by atoms with Gasteiger partial charge in [-0.2, -0.15) is 0 Å². The van der Waals surface area contributed by atoms with Gasteiger partial charge in [-0.25, -0.2) is 0 Å². The summed E-state index contributed by atoms with van der Waals surface area (Å²) >= 11 is 0. The first-order valence-electron chi connectivity index (χ1n) is 7.55. The molecule has 4 saturated carbocycles. The third-order valence-electron chi connectivity index (χ3n) is 5.70. The second-order valence-corrected chi connectivity index (χ2v) is 6.81. The van der Waals surface area contributed by atoms with Crippen molar-refractivity contribution in [2.24, 2.45) is 35.5 Å². The molecule has 0 aromatic carbocycles. The van der Waals surface area contributed by atoms with E-state index in [1.165, 1.54) is 32.1 Å². The standard InChI is InChI=1S/C16H21NO3/c1-2-14(18)17-8-13(16(19)20)15-11-4-9-3-10(6-11)7-12(15)5-9/h1,9-13,15H,3-8H2,(H,17,18)(H,19,20). The van der Waals surface area contributed by atoms with Crippen LogP contribution in [-0.4, -0.2) is 23.5 Å². The molecule has 4 rings (SSSR count). The highest BCUT2D eigenvalue weighted by Gasteiger charge is 2.51. The highest BCUT2D eigenvalue weighted by atomic mass is 16.4. The number of carbonyl (C=O) groups excluding carboxylic acids is 1. The van der Waals surface area contributed by atoms with Gasteiger partial charge in [0.05, 0.1) is 5.92 Å². The molecule has 108 valence electrons. The second kappa shape index (κ2) is 5.12. The summed E-state index contributed by atoms with van der Waals surface area (Å²) in [5, 5.41) is 12.1. The van der Waals surface area contributed by atoms with Crippen molar-refractivity contribution in [1.29, 1.82) is 0 Å². The molecular weight excluding hydrogens is 254 g/mol. The average molecular weight is 275 g/mol. The predicted molar refractivity (Wildman–Crippen MR) is 73.5 cm³/mol. The highest BCUT2D eigenvalue weighted by molar-refractivity contribution is 5.93. The summed E-state index contributed by atoms with van der Waals surface area (Å²) in [7, 11) is 0. The summed E-state index contributed by atoms with van der Waals surface area (Å²) in [6.07, 6.45) is 11.1. The Labute approximate surface area is 119 Å². The minimum atomic E-state index is -0.792. The lowest BCUT2D eigenvalue weighted by Crippen LogP contribution is -2.51. The Hall–Kier alpha value is -1.50. The number of carboxylic acids is 1. The van der Waals surface area contributed by atoms with Crippen LogP contribution in [0.2, 0.25) is 0 Å². The Morgan fingerprint density at radius 1 is 1.15 bits per heavy atom. The van der Waals surface area contributed by atoms with E-state index in [1.54, 1.807) is 0 Å². The number of hydrogen-bond donors (Lipinski definition) is 2. The largest absolute Gasteiger partial charge is 0.481 e. The Morgan fingerprint density at radius 2 is 1.70 bits per heavy atom. The smallest absolute Gasteiger partial charge is 0.308 e. The van der Waals surface area contributed by atoms with Gasteiger partial charge in [0, 0.05) is 6.54 Å². The summed E-state index contributed by atoms with van der Waals surface area (Å²) in [4.78, 5) is 22.8. The summed E-state index contributed by atoms with van der Waals surface area (Å²) in [5.41, 5.74) is 0. The molecule has 2 N–H and O–H groups in total. The monoisotopic (exact) mass is 275 g/mol. The fourth-order valence-corrected chi connectivity index (χ4v) is 5.27. The van der Waals surface area contributed by atoms with Crippen LogP contribution in [0.15, 0.2) is 0 Å². The molecule has 0 aromatic rings. The molecule has 4 aliphatic rings. The van der Waals surface area contributed by atoms with Crippen LogP contribution in [0.5, 0.6) is 0 Å². The van der Waals surface area contributed by atoms with E-state index in [-0.39, 0.29) is 12.5 Å². The van der Waals surface area contributed by atoms with Crippen LogP contribution < -0.4 is 5.32 Å². The van der Waals surface area contributed by atoms with Crippen LogP contribution in [0, 0.1) is 47.9 Å². The Bertz CT molecular complexity index is 437. The first-order chi connectivity index (χ1) is 9.58. The minimum Gasteiger partial charge on any atom is -0.481 e. The molecule has 0 spiro atoms. The van der Waals surface area contributed by atoms with E-state index >= 15 is 0 Å². The lowest BCUT2D eigenvalue weighted by atomic mass is 9.49. The number of terminal acetylenes is 1. The molecule has 4 fully saturated rings. The molecule has 1 amide bonds. The van der Waals surface area contributed by atoms with E-state index in [9.17, 15) is 14.7 Å². The number of amides is 1. The van der Waals surface area contributed by atoms with Gasteiger partial charge in [0.15, 0.2) is 0 Å². The van der Waals surface area contributed by atoms with Gasteiger partial charge < -0.3 is 10.4 Å². The SMILES string of the molecule is C#CC(=O)NCC(C(=O)O)C1C2CC3CC(C2)CC1C3. The molecule has 4 heteroatoms. The number of hydrogen-bond acceptors (Lipinski definition) is 2. The van der Waals surface area contributed by atoms with E-state index < -0.39 is 17.8 Å². The molecule has 4 nitrogen and oxygen atoms in total. The van der Waals surface area contributed by atoms with Crippen molar-refractivity contribution >= 4 is 11.9 Å². The Morgan fingerprint density at radius 3 is 2.15 bits per heavy atom. The predicted octanol–water partition coefficient (Wildman–Crippen LogP) is 1.51. The van der Waals surface area contributed by atoms with Crippen molar-refractivity contribution in [1.82, 2.24) is 5.32 Å². The normalized spacial score (nSPS) is 39.0. The molecule has 1 unspecified atom stereocenters. The van der Waals surface area contributed by atoms with Crippen molar-refractivity contribution < 1.29 is 14.7 Å². The van der Waals surface area contributed by atoms with E-state index in [2.05, 4.69) is 5.32 Å². The summed E-state index contributed by atoms with van der Waals surface area (Å²) in [6.45, 7) is 0.172. The fraction of sp³-hybridized carbons (Fsp3) is 0.750. The lowest BCUT2D eigenvalue weighted by Gasteiger charge is -2.55. The third-order valence-corrected chi connectivity index (χ3v) is 5.70. The van der Waals surface area contributed by atoms with Gasteiger partial charge in [-0.05, 0) is 67.6 Å². The molecule has 0 aromatic heterocycles. The van der Waals surface area contributed by atoms with Crippen molar-refractivity contribution in [3.8, 4) is 12.3 Å². The van der Waals surface area contributed by atoms with Crippen molar-refractivity contribution in [2.75, 3.05) is 6.54 Å². The van der Waals surface area contributed by atoms with Gasteiger partial charge in [0.2, 0.25) is 0 Å². The Balaban J connectivity index is 1.73. The van der Waals surface area contributed by atoms with Gasteiger partial charge in [-0.15, -0.1) is 6.42 Å². The van der Waals surface area contributed by atoms with Crippen LogP contribution in [0.4, 0.5) is 0 Å². The minimum absolute atomic E-state index is 0.172. The van der Waals surface area contributed by atoms with Crippen LogP contribution >= 0.6 is 0 Å². The molecule has 4 aliphatic carbocycles. The number of aliphatic carboxylic acids is 1. The van der Waals surface area contributed by atoms with E-state index in [1.807, 2.05) is 5.92 Å². The summed E-state index contributed by atoms with van der Waals surface area (Å²) in [5.74, 6) is 3.13. The van der Waals surface area contributed by atoms with Gasteiger partial charge in [0.25, 0.3) is 5.91 Å². The highest BCUT2D eigenvalue weighted by Crippen LogP contribution is 2.58. The molecular formula is C16H21NO3. The van der Waals surface area contributed by atoms with E-state index in [4.69, 9.17) is 6.42 Å². The van der Waals surface area contributed by atoms with Gasteiger partial charge in [-0.3, -0.25) is 9.59 Å². The lowest BCUT2D eigenvalue weighted by molar-refractivity contribution is -0.151. The van der Waals surface area contributed by atoms with Crippen LogP contribution in [-0.2, 0) is 9.59 Å². The van der Waals surface area contributed by atoms with Crippen molar-refractivity contribution in [3.63, 3.8) is 0 Å². The topological polar surface area (TPSA) is 66.4 Å². The zero-order valence-corrected chi connectivity index (χ0v) is 11.5. The quantitative estimate of drug-likeness (QED) is 0.764. The van der Waals surface area contributed by atoms with E-state index in [0.717, 1.165) is 11.8 Å². The maximum atomic E-state index is 11.6. The van der Waals surface area contributed by atoms with E-state index in [0.29, 0.717) is 11.8 Å². The Kier molecular flexibility index (Phi) is 3.45. The third kappa shape index (κ3) is 2.30. The first kappa shape index (κ1) is 13.5. The number of nitrogens with one attached hydrogen (secondary N) is 1. The molecule has 4 bridgehead atoms. The van der Waals surface area contributed by atoms with Crippen LogP contribution in [0.1, 0.15) is 32.1 Å². The summed E-state index contributed by atoms with van der Waals surface area (Å²) < 4.78 is 0. The van der Waals surface area contributed by atoms with Crippen molar-refractivity contribution in [2.45, 2.75) is 32.1 Å². The fourth-order valence-electron chi connectivity index (χ4n) is 5.27. The zero-order chi connectivity index (χ0) is 14.3. The summed E-state index contributed by atoms with van der Waals surface area (Å²) in [6, 6.07) is 0. The van der Waals surface area contributed by atoms with Gasteiger partial charge in [-0.1, -0.05) is 0 Å².